The van der Waals surface area contributed by atoms with Crippen LogP contribution in [0.25, 0.3) is 33.2 Å². The molecule has 4 aromatic heterocycles. The second kappa shape index (κ2) is 26.5. The van der Waals surface area contributed by atoms with E-state index in [9.17, 15) is 36.3 Å². The number of pyridine rings is 2. The zero-order valence-electron chi connectivity index (χ0n) is 40.9. The molecule has 0 radical (unpaired) electrons. The van der Waals surface area contributed by atoms with E-state index in [4.69, 9.17) is 37.8 Å². The van der Waals surface area contributed by atoms with E-state index in [0.717, 1.165) is 62.7 Å². The first-order valence-corrected chi connectivity index (χ1v) is 24.6. The van der Waals surface area contributed by atoms with E-state index in [1.165, 1.54) is 30.5 Å². The van der Waals surface area contributed by atoms with Crippen LogP contribution in [-0.2, 0) is 9.53 Å². The van der Waals surface area contributed by atoms with Crippen LogP contribution in [0.5, 0.6) is 0 Å². The lowest BCUT2D eigenvalue weighted by atomic mass is 9.89. The van der Waals surface area contributed by atoms with E-state index in [1.807, 2.05) is 27.7 Å². The molecule has 16 nitrogen and oxygen atoms in total. The first kappa shape index (κ1) is 57.5. The third-order valence-electron chi connectivity index (χ3n) is 12.0. The molecular formula is C50H59Cl2F5N10O6. The van der Waals surface area contributed by atoms with Crippen LogP contribution < -0.4 is 16.0 Å². The number of carbonyl (C=O) groups excluding carboxylic acids is 3. The highest BCUT2D eigenvalue weighted by Gasteiger charge is 2.38. The molecule has 8 rings (SSSR count). The summed E-state index contributed by atoms with van der Waals surface area (Å²) in [6, 6.07) is 12.1. The van der Waals surface area contributed by atoms with E-state index >= 15 is 0 Å². The molecule has 2 aliphatic heterocycles. The lowest BCUT2D eigenvalue weighted by Crippen LogP contribution is -2.49. The molecule has 0 saturated carbocycles. The fourth-order valence-electron chi connectivity index (χ4n) is 8.47. The van der Waals surface area contributed by atoms with Crippen molar-refractivity contribution in [3.63, 3.8) is 0 Å². The number of nitrogens with zero attached hydrogens (tertiary/aromatic N) is 7. The average Bonchev–Trinajstić information content (AvgIpc) is 4.01. The van der Waals surface area contributed by atoms with Crippen molar-refractivity contribution in [1.29, 1.82) is 0 Å². The van der Waals surface area contributed by atoms with E-state index in [-0.39, 0.29) is 52.9 Å². The van der Waals surface area contributed by atoms with Gasteiger partial charge < -0.3 is 30.7 Å². The normalized spacial score (nSPS) is 16.6. The predicted molar refractivity (Wildman–Crippen MR) is 267 cm³/mol. The molecular weight excluding hydrogens is 1000 g/mol. The molecule has 4 atom stereocenters. The van der Waals surface area contributed by atoms with Crippen molar-refractivity contribution in [3.8, 4) is 11.4 Å². The van der Waals surface area contributed by atoms with Gasteiger partial charge in [0.2, 0.25) is 0 Å². The summed E-state index contributed by atoms with van der Waals surface area (Å²) in [6.45, 7) is 12.9. The fourth-order valence-corrected chi connectivity index (χ4v) is 8.47. The molecule has 4 N–H and O–H groups in total. The van der Waals surface area contributed by atoms with Gasteiger partial charge in [0.15, 0.2) is 0 Å². The van der Waals surface area contributed by atoms with Gasteiger partial charge in [-0.15, -0.1) is 23.2 Å². The molecule has 23 heteroatoms. The number of hydrogen-bond acceptors (Lipinski definition) is 10. The molecule has 4 unspecified atom stereocenters. The topological polar surface area (TPSA) is 198 Å². The maximum atomic E-state index is 13.3. The lowest BCUT2D eigenvalue weighted by Gasteiger charge is -2.37. The first-order valence-electron chi connectivity index (χ1n) is 23.6. The number of amides is 3. The van der Waals surface area contributed by atoms with E-state index < -0.39 is 17.7 Å². The van der Waals surface area contributed by atoms with Crippen LogP contribution in [0.2, 0.25) is 0 Å². The van der Waals surface area contributed by atoms with Crippen molar-refractivity contribution in [3.05, 3.63) is 108 Å². The van der Waals surface area contributed by atoms with Crippen molar-refractivity contribution in [2.45, 2.75) is 97.0 Å². The van der Waals surface area contributed by atoms with Crippen LogP contribution in [0.15, 0.2) is 85.7 Å². The summed E-state index contributed by atoms with van der Waals surface area (Å²) in [4.78, 5) is 58.0. The number of likely N-dealkylation sites (tertiary alicyclic amines) is 1. The summed E-state index contributed by atoms with van der Waals surface area (Å²) in [5.41, 5.74) is 3.15. The standard InChI is InChI=1S/C26H32FN5O3.C21H24FN5O.C2HF3O2.CH2Cl2/c1-5-22(17-7-6-12-31(16-17)25(34)35-26(2,3)4)30-24(33)21-13-28-15-23-20(21)14-29-32(23)19-10-8-18(27)9-11-19;1-2-19(14-4-3-9-23-10-14)26-21(28)18-11-24-13-20-17(18)12-25-27(20)16-7-5-15(22)6-8-16;3-2(4,5)1(6)7;2-1-3/h8-11,13-15,17,22H,5-7,12,16H2,1-4H3,(H,30,33);5-8,11-14,19,23H,2-4,9-10H2,1H3,(H,26,28);(H,6,7);1H2. The van der Waals surface area contributed by atoms with Gasteiger partial charge in [0, 0.05) is 48.3 Å². The van der Waals surface area contributed by atoms with Gasteiger partial charge in [-0.05, 0) is 133 Å². The highest BCUT2D eigenvalue weighted by Crippen LogP contribution is 2.27. The number of benzene rings is 2. The number of alkyl halides is 5. The Hall–Kier alpha value is -6.45. The molecule has 2 aromatic carbocycles. The SMILES string of the molecule is CCC(NC(=O)c1cncc2c1cnn2-c1ccc(F)cc1)C1CCCN(C(=O)OC(C)(C)C)C1.CCC(NC(=O)c1cncc2c1cnn2-c1ccc(F)cc1)C1CCCNC1.ClCCl.O=C(O)C(F)(F)F. The lowest BCUT2D eigenvalue weighted by molar-refractivity contribution is -0.192. The Morgan fingerprint density at radius 2 is 1.18 bits per heavy atom. The van der Waals surface area contributed by atoms with Crippen LogP contribution in [0.4, 0.5) is 26.7 Å². The van der Waals surface area contributed by atoms with Crippen LogP contribution in [-0.4, -0.2) is 119 Å². The fraction of sp³-hybridized carbons (Fsp3) is 0.440. The Morgan fingerprint density at radius 1 is 0.740 bits per heavy atom. The summed E-state index contributed by atoms with van der Waals surface area (Å²) >= 11 is 9.53. The summed E-state index contributed by atoms with van der Waals surface area (Å²) in [7, 11) is 0. The number of fused-ring (bicyclic) bond motifs is 2. The zero-order chi connectivity index (χ0) is 53.5. The Bertz CT molecular complexity index is 2770. The van der Waals surface area contributed by atoms with Gasteiger partial charge in [-0.3, -0.25) is 19.6 Å². The van der Waals surface area contributed by atoms with Crippen LogP contribution in [0.3, 0.4) is 0 Å². The maximum Gasteiger partial charge on any atom is 0.490 e. The molecule has 2 fully saturated rings. The van der Waals surface area contributed by atoms with Crippen molar-refractivity contribution >= 4 is 68.9 Å². The smallest absolute Gasteiger partial charge is 0.475 e. The number of carbonyl (C=O) groups is 4. The van der Waals surface area contributed by atoms with Crippen molar-refractivity contribution in [1.82, 2.24) is 50.4 Å². The number of carboxylic acids is 1. The van der Waals surface area contributed by atoms with Gasteiger partial charge in [0.1, 0.15) is 17.2 Å². The molecule has 2 aliphatic rings. The van der Waals surface area contributed by atoms with Crippen molar-refractivity contribution in [2.24, 2.45) is 11.8 Å². The number of aliphatic carboxylic acids is 1. The Balaban J connectivity index is 0.000000232. The van der Waals surface area contributed by atoms with Gasteiger partial charge in [-0.2, -0.15) is 23.4 Å². The Morgan fingerprint density at radius 3 is 1.58 bits per heavy atom. The summed E-state index contributed by atoms with van der Waals surface area (Å²) in [5.74, 6) is -3.19. The summed E-state index contributed by atoms with van der Waals surface area (Å²) in [5, 5.41) is 27.3. The monoisotopic (exact) mass is 1060 g/mol. The van der Waals surface area contributed by atoms with Crippen LogP contribution in [0, 0.1) is 23.5 Å². The van der Waals surface area contributed by atoms with Gasteiger partial charge in [-0.25, -0.2) is 27.7 Å². The largest absolute Gasteiger partial charge is 0.490 e. The molecule has 2 saturated heterocycles. The van der Waals surface area contributed by atoms with E-state index in [0.29, 0.717) is 52.2 Å². The number of halogens is 7. The summed E-state index contributed by atoms with van der Waals surface area (Å²) in [6.07, 6.45) is 9.98. The molecule has 3 amide bonds. The predicted octanol–water partition coefficient (Wildman–Crippen LogP) is 9.84. The van der Waals surface area contributed by atoms with Crippen molar-refractivity contribution < 1.29 is 51.0 Å². The minimum Gasteiger partial charge on any atom is -0.475 e. The number of ether oxygens (including phenoxy) is 1. The number of aromatic nitrogens is 6. The third-order valence-corrected chi connectivity index (χ3v) is 12.0. The quantitative estimate of drug-likeness (QED) is 0.0752. The van der Waals surface area contributed by atoms with E-state index in [2.05, 4.69) is 43.0 Å². The second-order valence-electron chi connectivity index (χ2n) is 18.1. The highest BCUT2D eigenvalue weighted by atomic mass is 35.5. The molecule has 0 spiro atoms. The van der Waals surface area contributed by atoms with Crippen LogP contribution in [0.1, 0.15) is 93.9 Å². The maximum absolute atomic E-state index is 13.3. The van der Waals surface area contributed by atoms with Gasteiger partial charge in [0.25, 0.3) is 11.8 Å². The van der Waals surface area contributed by atoms with Crippen molar-refractivity contribution in [2.75, 3.05) is 31.5 Å². The Kier molecular flexibility index (Phi) is 20.8. The molecule has 0 bridgehead atoms. The molecule has 394 valence electrons. The second-order valence-corrected chi connectivity index (χ2v) is 18.9. The van der Waals surface area contributed by atoms with Gasteiger partial charge in [0.05, 0.1) is 63.7 Å². The van der Waals surface area contributed by atoms with Gasteiger partial charge >= 0.3 is 18.2 Å². The number of rotatable bonds is 10. The number of hydrogen-bond donors (Lipinski definition) is 4. The minimum absolute atomic E-state index is 0.102. The van der Waals surface area contributed by atoms with E-state index in [1.54, 1.807) is 69.5 Å². The number of carboxylic acid groups (broad SMARTS) is 1. The molecule has 6 aromatic rings. The first-order chi connectivity index (χ1) is 34.7. The molecule has 0 aliphatic carbocycles. The molecule has 73 heavy (non-hydrogen) atoms. The van der Waals surface area contributed by atoms with Gasteiger partial charge in [-0.1, -0.05) is 13.8 Å². The summed E-state index contributed by atoms with van der Waals surface area (Å²) < 4.78 is 67.1. The third kappa shape index (κ3) is 16.0. The average molecular weight is 1060 g/mol. The number of nitrogens with one attached hydrogen (secondary N) is 3. The van der Waals surface area contributed by atoms with Crippen LogP contribution >= 0.6 is 23.2 Å². The molecule has 6 heterocycles. The highest BCUT2D eigenvalue weighted by molar-refractivity contribution is 6.40. The Labute approximate surface area is 429 Å². The zero-order valence-corrected chi connectivity index (χ0v) is 42.4. The number of piperidine rings is 2. The minimum atomic E-state index is -5.08.